The highest BCUT2D eigenvalue weighted by molar-refractivity contribution is 7.10. The van der Waals surface area contributed by atoms with Crippen LogP contribution >= 0.6 is 11.3 Å². The maximum Gasteiger partial charge on any atom is 0.225 e. The smallest absolute Gasteiger partial charge is 0.225 e. The van der Waals surface area contributed by atoms with Crippen molar-refractivity contribution >= 4 is 22.9 Å². The fraction of sp³-hybridized carbons (Fsp3) is 0.500. The monoisotopic (exact) mass is 403 g/mol. The molecule has 1 aromatic heterocycles. The molecule has 1 fully saturated rings. The van der Waals surface area contributed by atoms with Crippen LogP contribution in [0.1, 0.15) is 38.6 Å². The number of carbonyl (C=O) groups excluding carboxylic acids is 1. The van der Waals surface area contributed by atoms with Crippen LogP contribution < -0.4 is 10.2 Å². The molecule has 0 unspecified atom stereocenters. The highest BCUT2D eigenvalue weighted by Crippen LogP contribution is 2.30. The van der Waals surface area contributed by atoms with Gasteiger partial charge in [0.2, 0.25) is 5.91 Å². The van der Waals surface area contributed by atoms with Crippen molar-refractivity contribution in [3.8, 4) is 0 Å². The predicted molar refractivity (Wildman–Crippen MR) is 114 cm³/mol. The van der Waals surface area contributed by atoms with Crippen molar-refractivity contribution in [2.45, 2.75) is 39.8 Å². The molecule has 2 heterocycles. The first kappa shape index (κ1) is 20.8. The number of hydrogen-bond acceptors (Lipinski definition) is 4. The molecule has 1 saturated heterocycles. The van der Waals surface area contributed by atoms with Crippen molar-refractivity contribution in [3.05, 3.63) is 52.5 Å². The van der Waals surface area contributed by atoms with Gasteiger partial charge in [0.15, 0.2) is 0 Å². The number of thiophene rings is 1. The van der Waals surface area contributed by atoms with Gasteiger partial charge in [-0.2, -0.15) is 0 Å². The van der Waals surface area contributed by atoms with E-state index in [1.54, 1.807) is 11.3 Å². The highest BCUT2D eigenvalue weighted by atomic mass is 32.1. The third kappa shape index (κ3) is 4.92. The number of anilines is 1. The lowest BCUT2D eigenvalue weighted by Crippen LogP contribution is -2.53. The van der Waals surface area contributed by atoms with Gasteiger partial charge in [-0.1, -0.05) is 26.8 Å². The van der Waals surface area contributed by atoms with Crippen LogP contribution in [0.4, 0.5) is 10.1 Å². The van der Waals surface area contributed by atoms with E-state index in [4.69, 9.17) is 0 Å². The third-order valence-electron chi connectivity index (χ3n) is 5.25. The summed E-state index contributed by atoms with van der Waals surface area (Å²) in [5.74, 6) is -0.130. The molecular weight excluding hydrogens is 373 g/mol. The first-order valence-corrected chi connectivity index (χ1v) is 10.7. The molecule has 1 aromatic carbocycles. The molecule has 6 heteroatoms. The van der Waals surface area contributed by atoms with Crippen molar-refractivity contribution in [2.75, 3.05) is 31.1 Å². The summed E-state index contributed by atoms with van der Waals surface area (Å²) in [5, 5.41) is 5.32. The van der Waals surface area contributed by atoms with E-state index in [1.165, 1.54) is 17.0 Å². The average molecular weight is 404 g/mol. The van der Waals surface area contributed by atoms with E-state index in [1.807, 2.05) is 32.9 Å². The molecule has 1 aliphatic rings. The Morgan fingerprint density at radius 2 is 1.75 bits per heavy atom. The Hall–Kier alpha value is -1.92. The Labute approximate surface area is 171 Å². The first-order valence-electron chi connectivity index (χ1n) is 9.84. The number of hydrogen-bond donors (Lipinski definition) is 1. The number of piperazine rings is 1. The van der Waals surface area contributed by atoms with E-state index in [2.05, 4.69) is 39.6 Å². The zero-order valence-electron chi connectivity index (χ0n) is 17.1. The van der Waals surface area contributed by atoms with Crippen molar-refractivity contribution in [3.63, 3.8) is 0 Å². The van der Waals surface area contributed by atoms with Crippen LogP contribution in [0.3, 0.4) is 0 Å². The minimum atomic E-state index is -0.407. The summed E-state index contributed by atoms with van der Waals surface area (Å²) in [6.45, 7) is 11.5. The van der Waals surface area contributed by atoms with Crippen LogP contribution in [0.25, 0.3) is 0 Å². The molecule has 3 rings (SSSR count). The molecule has 1 aliphatic heterocycles. The standard InChI is InChI=1S/C22H30FN3OS/c1-16(24-21(27)22(2,3)4)20(19-6-5-15-28-19)26-13-11-25(12-14-26)18-9-7-17(23)8-10-18/h5-10,15-16,20H,11-14H2,1-4H3,(H,24,27)/t16-,20+/m1/s1. The number of amides is 1. The maximum absolute atomic E-state index is 13.2. The number of nitrogens with one attached hydrogen (secondary N) is 1. The Kier molecular flexibility index (Phi) is 6.40. The van der Waals surface area contributed by atoms with E-state index >= 15 is 0 Å². The van der Waals surface area contributed by atoms with Gasteiger partial charge in [-0.05, 0) is 42.6 Å². The fourth-order valence-corrected chi connectivity index (χ4v) is 4.58. The zero-order chi connectivity index (χ0) is 20.3. The van der Waals surface area contributed by atoms with Crippen LogP contribution in [0.15, 0.2) is 41.8 Å². The molecule has 152 valence electrons. The lowest BCUT2D eigenvalue weighted by molar-refractivity contribution is -0.129. The van der Waals surface area contributed by atoms with E-state index < -0.39 is 5.41 Å². The van der Waals surface area contributed by atoms with E-state index in [9.17, 15) is 9.18 Å². The van der Waals surface area contributed by atoms with Crippen LogP contribution in [-0.2, 0) is 4.79 Å². The zero-order valence-corrected chi connectivity index (χ0v) is 17.9. The third-order valence-corrected chi connectivity index (χ3v) is 6.19. The van der Waals surface area contributed by atoms with Gasteiger partial charge in [-0.25, -0.2) is 4.39 Å². The largest absolute Gasteiger partial charge is 0.369 e. The van der Waals surface area contributed by atoms with Gasteiger partial charge in [0.05, 0.1) is 6.04 Å². The summed E-state index contributed by atoms with van der Waals surface area (Å²) < 4.78 is 13.2. The number of nitrogens with zero attached hydrogens (tertiary/aromatic N) is 2. The summed E-state index contributed by atoms with van der Waals surface area (Å²) in [5.41, 5.74) is 0.651. The summed E-state index contributed by atoms with van der Waals surface area (Å²) in [4.78, 5) is 18.6. The first-order chi connectivity index (χ1) is 13.3. The normalized spacial score (nSPS) is 18.0. The van der Waals surface area contributed by atoms with Crippen molar-refractivity contribution < 1.29 is 9.18 Å². The molecule has 1 amide bonds. The fourth-order valence-electron chi connectivity index (χ4n) is 3.61. The second-order valence-corrected chi connectivity index (χ2v) is 9.45. The molecule has 0 spiro atoms. The lowest BCUT2D eigenvalue weighted by atomic mass is 9.94. The van der Waals surface area contributed by atoms with Crippen molar-refractivity contribution in [2.24, 2.45) is 5.41 Å². The van der Waals surface area contributed by atoms with Crippen LogP contribution in [0.2, 0.25) is 0 Å². The molecule has 1 N–H and O–H groups in total. The minimum absolute atomic E-state index is 0.0164. The topological polar surface area (TPSA) is 35.6 Å². The van der Waals surface area contributed by atoms with Crippen LogP contribution in [0.5, 0.6) is 0 Å². The van der Waals surface area contributed by atoms with Crippen molar-refractivity contribution in [1.82, 2.24) is 10.2 Å². The van der Waals surface area contributed by atoms with E-state index in [0.29, 0.717) is 0 Å². The summed E-state index contributed by atoms with van der Waals surface area (Å²) in [6, 6.07) is 11.1. The van der Waals surface area contributed by atoms with Gasteiger partial charge in [0, 0.05) is 48.2 Å². The molecule has 0 aliphatic carbocycles. The predicted octanol–water partition coefficient (Wildman–Crippen LogP) is 4.30. The molecule has 0 radical (unpaired) electrons. The quantitative estimate of drug-likeness (QED) is 0.808. The molecule has 28 heavy (non-hydrogen) atoms. The van der Waals surface area contributed by atoms with Crippen molar-refractivity contribution in [1.29, 1.82) is 0 Å². The molecule has 0 saturated carbocycles. The van der Waals surface area contributed by atoms with Gasteiger partial charge in [0.25, 0.3) is 0 Å². The van der Waals surface area contributed by atoms with E-state index in [0.717, 1.165) is 31.9 Å². The van der Waals surface area contributed by atoms with Crippen LogP contribution in [0, 0.1) is 11.2 Å². The Bertz CT molecular complexity index is 762. The van der Waals surface area contributed by atoms with E-state index in [-0.39, 0.29) is 23.8 Å². The molecule has 4 nitrogen and oxygen atoms in total. The summed E-state index contributed by atoms with van der Waals surface area (Å²) >= 11 is 1.74. The number of halogens is 1. The minimum Gasteiger partial charge on any atom is -0.369 e. The highest BCUT2D eigenvalue weighted by Gasteiger charge is 2.32. The molecule has 0 bridgehead atoms. The molecule has 2 aromatic rings. The maximum atomic E-state index is 13.2. The molecule has 2 atom stereocenters. The second kappa shape index (κ2) is 8.62. The number of benzene rings is 1. The van der Waals surface area contributed by atoms with Crippen LogP contribution in [-0.4, -0.2) is 43.0 Å². The summed E-state index contributed by atoms with van der Waals surface area (Å²) in [6.07, 6.45) is 0. The second-order valence-electron chi connectivity index (χ2n) is 8.47. The average Bonchev–Trinajstić information content (AvgIpc) is 3.16. The van der Waals surface area contributed by atoms with Gasteiger partial charge >= 0.3 is 0 Å². The van der Waals surface area contributed by atoms with Gasteiger partial charge in [-0.3, -0.25) is 9.69 Å². The Balaban J connectivity index is 1.70. The Morgan fingerprint density at radius 3 is 2.29 bits per heavy atom. The SMILES string of the molecule is C[C@@H](NC(=O)C(C)(C)C)[C@@H](c1cccs1)N1CCN(c2ccc(F)cc2)CC1. The Morgan fingerprint density at radius 1 is 1.11 bits per heavy atom. The lowest BCUT2D eigenvalue weighted by Gasteiger charge is -2.42. The van der Waals surface area contributed by atoms with Gasteiger partial charge in [-0.15, -0.1) is 11.3 Å². The number of carbonyl (C=O) groups is 1. The number of rotatable bonds is 5. The summed E-state index contributed by atoms with van der Waals surface area (Å²) in [7, 11) is 0. The van der Waals surface area contributed by atoms with Gasteiger partial charge < -0.3 is 10.2 Å². The van der Waals surface area contributed by atoms with Gasteiger partial charge in [0.1, 0.15) is 5.82 Å². The molecular formula is C22H30FN3OS.